The largest absolute Gasteiger partial charge is 0.322 e. The number of carbonyl (C=O) groups excluding carboxylic acids is 1. The first kappa shape index (κ1) is 19.3. The summed E-state index contributed by atoms with van der Waals surface area (Å²) in [5.41, 5.74) is 2.57. The standard InChI is InChI=1S/C15H23N5OS3/c1-6-7-8-22-14-17-18-15(24-14)23-11(4)13(21)16-12-9(2)19-20(5)10(12)3/h11H,6-8H2,1-5H3,(H,16,21). The minimum absolute atomic E-state index is 0.0467. The van der Waals surface area contributed by atoms with Crippen molar-refractivity contribution in [1.29, 1.82) is 0 Å². The lowest BCUT2D eigenvalue weighted by Gasteiger charge is -2.10. The van der Waals surface area contributed by atoms with E-state index < -0.39 is 0 Å². The molecule has 2 rings (SSSR count). The second-order valence-corrected chi connectivity index (χ2v) is 9.36. The molecule has 2 heterocycles. The molecule has 1 atom stereocenters. The lowest BCUT2D eigenvalue weighted by Crippen LogP contribution is -2.23. The molecule has 0 aliphatic rings. The monoisotopic (exact) mass is 385 g/mol. The van der Waals surface area contributed by atoms with Gasteiger partial charge in [0.1, 0.15) is 0 Å². The highest BCUT2D eigenvalue weighted by Crippen LogP contribution is 2.32. The molecule has 1 N–H and O–H groups in total. The van der Waals surface area contributed by atoms with Gasteiger partial charge in [-0.25, -0.2) is 0 Å². The number of aryl methyl sites for hydroxylation is 2. The molecule has 0 aliphatic heterocycles. The first-order valence-electron chi connectivity index (χ1n) is 7.86. The molecule has 0 fully saturated rings. The molecular weight excluding hydrogens is 362 g/mol. The van der Waals surface area contributed by atoms with Crippen LogP contribution in [0.25, 0.3) is 0 Å². The number of hydrogen-bond donors (Lipinski definition) is 1. The molecule has 6 nitrogen and oxygen atoms in total. The Morgan fingerprint density at radius 2 is 2.04 bits per heavy atom. The summed E-state index contributed by atoms with van der Waals surface area (Å²) >= 11 is 4.73. The Balaban J connectivity index is 1.92. The van der Waals surface area contributed by atoms with E-state index in [1.165, 1.54) is 24.6 Å². The van der Waals surface area contributed by atoms with Crippen LogP contribution in [0.4, 0.5) is 5.69 Å². The summed E-state index contributed by atoms with van der Waals surface area (Å²) in [5, 5.41) is 15.4. The smallest absolute Gasteiger partial charge is 0.237 e. The first-order chi connectivity index (χ1) is 11.4. The molecule has 2 aromatic rings. The molecule has 0 saturated heterocycles. The minimum Gasteiger partial charge on any atom is -0.322 e. The Bertz CT molecular complexity index is 697. The third-order valence-electron chi connectivity index (χ3n) is 3.52. The Morgan fingerprint density at radius 3 is 2.67 bits per heavy atom. The number of carbonyl (C=O) groups is 1. The molecule has 0 saturated carbocycles. The van der Waals surface area contributed by atoms with Crippen molar-refractivity contribution < 1.29 is 4.79 Å². The fourth-order valence-electron chi connectivity index (χ4n) is 1.99. The van der Waals surface area contributed by atoms with E-state index in [0.29, 0.717) is 0 Å². The zero-order valence-corrected chi connectivity index (χ0v) is 17.1. The lowest BCUT2D eigenvalue weighted by atomic mass is 10.3. The normalized spacial score (nSPS) is 12.4. The van der Waals surface area contributed by atoms with Gasteiger partial charge in [-0.1, -0.05) is 48.2 Å². The molecule has 1 unspecified atom stereocenters. The van der Waals surface area contributed by atoms with Crippen LogP contribution in [-0.2, 0) is 11.8 Å². The highest BCUT2D eigenvalue weighted by atomic mass is 32.2. The topological polar surface area (TPSA) is 72.7 Å². The van der Waals surface area contributed by atoms with Crippen LogP contribution in [0.5, 0.6) is 0 Å². The van der Waals surface area contributed by atoms with E-state index in [4.69, 9.17) is 0 Å². The van der Waals surface area contributed by atoms with E-state index in [-0.39, 0.29) is 11.2 Å². The van der Waals surface area contributed by atoms with Gasteiger partial charge in [-0.3, -0.25) is 9.48 Å². The molecule has 1 amide bonds. The molecule has 0 radical (unpaired) electrons. The number of unbranched alkanes of at least 4 members (excludes halogenated alkanes) is 1. The number of anilines is 1. The maximum absolute atomic E-state index is 12.4. The summed E-state index contributed by atoms with van der Waals surface area (Å²) < 4.78 is 3.57. The zero-order chi connectivity index (χ0) is 17.7. The maximum atomic E-state index is 12.4. The highest BCUT2D eigenvalue weighted by molar-refractivity contribution is 8.03. The lowest BCUT2D eigenvalue weighted by molar-refractivity contribution is -0.115. The summed E-state index contributed by atoms with van der Waals surface area (Å²) in [6.07, 6.45) is 2.35. The van der Waals surface area contributed by atoms with Crippen LogP contribution in [-0.4, -0.2) is 36.9 Å². The van der Waals surface area contributed by atoms with Crippen molar-refractivity contribution in [2.24, 2.45) is 7.05 Å². The molecule has 132 valence electrons. The number of rotatable bonds is 8. The van der Waals surface area contributed by atoms with Gasteiger partial charge < -0.3 is 5.32 Å². The average molecular weight is 386 g/mol. The molecule has 0 aromatic carbocycles. The van der Waals surface area contributed by atoms with E-state index >= 15 is 0 Å². The number of nitrogens with zero attached hydrogens (tertiary/aromatic N) is 4. The van der Waals surface area contributed by atoms with E-state index in [1.54, 1.807) is 27.8 Å². The molecule has 0 spiro atoms. The van der Waals surface area contributed by atoms with Crippen molar-refractivity contribution in [1.82, 2.24) is 20.0 Å². The summed E-state index contributed by atoms with van der Waals surface area (Å²) in [7, 11) is 1.87. The first-order valence-corrected chi connectivity index (χ1v) is 10.5. The Morgan fingerprint density at radius 1 is 1.33 bits per heavy atom. The maximum Gasteiger partial charge on any atom is 0.237 e. The fourth-order valence-corrected chi connectivity index (χ4v) is 5.31. The van der Waals surface area contributed by atoms with Gasteiger partial charge in [0, 0.05) is 12.8 Å². The van der Waals surface area contributed by atoms with Crippen molar-refractivity contribution in [3.8, 4) is 0 Å². The van der Waals surface area contributed by atoms with Crippen molar-refractivity contribution in [3.05, 3.63) is 11.4 Å². The number of hydrogen-bond acceptors (Lipinski definition) is 7. The van der Waals surface area contributed by atoms with Crippen LogP contribution in [0.2, 0.25) is 0 Å². The number of amides is 1. The summed E-state index contributed by atoms with van der Waals surface area (Å²) in [6, 6.07) is 0. The van der Waals surface area contributed by atoms with Gasteiger partial charge in [0.05, 0.1) is 22.3 Å². The number of nitrogens with one attached hydrogen (secondary N) is 1. The minimum atomic E-state index is -0.245. The van der Waals surface area contributed by atoms with Gasteiger partial charge in [-0.2, -0.15) is 5.10 Å². The second kappa shape index (κ2) is 8.87. The van der Waals surface area contributed by atoms with Crippen LogP contribution in [0.15, 0.2) is 8.68 Å². The molecule has 9 heteroatoms. The second-order valence-electron chi connectivity index (χ2n) is 5.45. The van der Waals surface area contributed by atoms with Gasteiger partial charge in [-0.05, 0) is 27.2 Å². The third-order valence-corrected chi connectivity index (χ3v) is 6.84. The van der Waals surface area contributed by atoms with Crippen LogP contribution < -0.4 is 5.32 Å². The van der Waals surface area contributed by atoms with Gasteiger partial charge in [0.25, 0.3) is 0 Å². The van der Waals surface area contributed by atoms with Crippen molar-refractivity contribution >= 4 is 46.5 Å². The van der Waals surface area contributed by atoms with Crippen LogP contribution >= 0.6 is 34.9 Å². The zero-order valence-electron chi connectivity index (χ0n) is 14.6. The van der Waals surface area contributed by atoms with Gasteiger partial charge >= 0.3 is 0 Å². The summed E-state index contributed by atoms with van der Waals surface area (Å²) in [5.74, 6) is 1.01. The summed E-state index contributed by atoms with van der Waals surface area (Å²) in [6.45, 7) is 7.89. The quantitative estimate of drug-likeness (QED) is 0.549. The van der Waals surface area contributed by atoms with Crippen LogP contribution in [0.3, 0.4) is 0 Å². The Hall–Kier alpha value is -1.06. The predicted octanol–water partition coefficient (Wildman–Crippen LogP) is 3.90. The highest BCUT2D eigenvalue weighted by Gasteiger charge is 2.20. The van der Waals surface area contributed by atoms with Crippen molar-refractivity contribution in [2.75, 3.05) is 11.1 Å². The van der Waals surface area contributed by atoms with E-state index in [1.807, 2.05) is 27.8 Å². The summed E-state index contributed by atoms with van der Waals surface area (Å²) in [4.78, 5) is 12.4. The van der Waals surface area contributed by atoms with E-state index in [0.717, 1.165) is 31.5 Å². The number of aromatic nitrogens is 4. The number of thioether (sulfide) groups is 2. The van der Waals surface area contributed by atoms with Gasteiger partial charge in [0.15, 0.2) is 8.68 Å². The van der Waals surface area contributed by atoms with Crippen LogP contribution in [0, 0.1) is 13.8 Å². The molecular formula is C15H23N5OS3. The average Bonchev–Trinajstić information content (AvgIpc) is 3.07. The molecule has 0 bridgehead atoms. The van der Waals surface area contributed by atoms with E-state index in [2.05, 4.69) is 27.5 Å². The van der Waals surface area contributed by atoms with Crippen molar-refractivity contribution in [3.63, 3.8) is 0 Å². The van der Waals surface area contributed by atoms with Gasteiger partial charge in [-0.15, -0.1) is 10.2 Å². The molecule has 24 heavy (non-hydrogen) atoms. The van der Waals surface area contributed by atoms with Crippen molar-refractivity contribution in [2.45, 2.75) is 54.5 Å². The predicted molar refractivity (Wildman–Crippen MR) is 102 cm³/mol. The fraction of sp³-hybridized carbons (Fsp3) is 0.600. The molecule has 2 aromatic heterocycles. The SMILES string of the molecule is CCCCSc1nnc(SC(C)C(=O)Nc2c(C)nn(C)c2C)s1. The third kappa shape index (κ3) is 4.97. The van der Waals surface area contributed by atoms with Gasteiger partial charge in [0.2, 0.25) is 5.91 Å². The van der Waals surface area contributed by atoms with Crippen LogP contribution in [0.1, 0.15) is 38.1 Å². The molecule has 0 aliphatic carbocycles. The Labute approximate surface area is 155 Å². The van der Waals surface area contributed by atoms with E-state index in [9.17, 15) is 4.79 Å². The Kier molecular flexibility index (Phi) is 7.12.